The van der Waals surface area contributed by atoms with Gasteiger partial charge in [0.1, 0.15) is 5.82 Å². The average molecular weight is 335 g/mol. The molecule has 0 aliphatic rings. The van der Waals surface area contributed by atoms with Crippen molar-refractivity contribution in [1.29, 1.82) is 0 Å². The molecule has 0 saturated heterocycles. The van der Waals surface area contributed by atoms with E-state index in [1.807, 2.05) is 19.1 Å². The van der Waals surface area contributed by atoms with Crippen LogP contribution in [0.4, 0.5) is 11.5 Å². The highest BCUT2D eigenvalue weighted by molar-refractivity contribution is 7.92. The first kappa shape index (κ1) is 17.2. The number of aromatic nitrogens is 1. The highest BCUT2D eigenvalue weighted by Crippen LogP contribution is 2.17. The molecule has 1 aromatic heterocycles. The summed E-state index contributed by atoms with van der Waals surface area (Å²) in [6.45, 7) is 3.23. The molecular formula is C16H21N3O3S. The van der Waals surface area contributed by atoms with Gasteiger partial charge in [0.15, 0.2) is 0 Å². The zero-order valence-electron chi connectivity index (χ0n) is 13.2. The number of sulfonamides is 1. The lowest BCUT2D eigenvalue weighted by Crippen LogP contribution is -2.13. The third-order valence-electron chi connectivity index (χ3n) is 3.27. The molecule has 2 aromatic rings. The number of ether oxygens (including phenoxy) is 1. The largest absolute Gasteiger partial charge is 0.383 e. The second-order valence-electron chi connectivity index (χ2n) is 4.95. The summed E-state index contributed by atoms with van der Waals surface area (Å²) in [5.41, 5.74) is 1.51. The number of methoxy groups -OCH3 is 1. The molecule has 0 saturated carbocycles. The Morgan fingerprint density at radius 3 is 2.43 bits per heavy atom. The fourth-order valence-corrected chi connectivity index (χ4v) is 3.00. The van der Waals surface area contributed by atoms with Crippen LogP contribution < -0.4 is 10.0 Å². The van der Waals surface area contributed by atoms with Crippen molar-refractivity contribution in [2.24, 2.45) is 0 Å². The Bertz CT molecular complexity index is 713. The third kappa shape index (κ3) is 4.94. The van der Waals surface area contributed by atoms with E-state index in [1.165, 1.54) is 6.20 Å². The van der Waals surface area contributed by atoms with Crippen molar-refractivity contribution in [2.75, 3.05) is 30.3 Å². The summed E-state index contributed by atoms with van der Waals surface area (Å²) in [5, 5.41) is 3.07. The molecule has 6 nitrogen and oxygen atoms in total. The highest BCUT2D eigenvalue weighted by Gasteiger charge is 2.14. The summed E-state index contributed by atoms with van der Waals surface area (Å²) in [6, 6.07) is 10.2. The van der Waals surface area contributed by atoms with E-state index in [9.17, 15) is 8.42 Å². The number of aryl methyl sites for hydroxylation is 1. The second kappa shape index (κ2) is 7.94. The van der Waals surface area contributed by atoms with Crippen LogP contribution in [-0.2, 0) is 21.2 Å². The molecular weight excluding hydrogens is 314 g/mol. The Hall–Kier alpha value is -2.12. The number of nitrogens with zero attached hydrogens (tertiary/aromatic N) is 1. The minimum atomic E-state index is -3.60. The van der Waals surface area contributed by atoms with Crippen molar-refractivity contribution in [2.45, 2.75) is 18.2 Å². The molecule has 0 atom stereocenters. The SMILES string of the molecule is CCc1ccc(S(=O)(=O)Nc2ccc(NCCOC)nc2)cc1. The maximum absolute atomic E-state index is 12.3. The quantitative estimate of drug-likeness (QED) is 0.725. The minimum absolute atomic E-state index is 0.233. The first-order chi connectivity index (χ1) is 11.0. The molecule has 0 aliphatic heterocycles. The van der Waals surface area contributed by atoms with Crippen molar-refractivity contribution in [1.82, 2.24) is 4.98 Å². The Labute approximate surface area is 137 Å². The number of hydrogen-bond donors (Lipinski definition) is 2. The van der Waals surface area contributed by atoms with E-state index in [0.717, 1.165) is 12.0 Å². The van der Waals surface area contributed by atoms with Gasteiger partial charge in [-0.3, -0.25) is 4.72 Å². The second-order valence-corrected chi connectivity index (χ2v) is 6.64. The molecule has 0 unspecified atom stereocenters. The zero-order valence-corrected chi connectivity index (χ0v) is 14.1. The van der Waals surface area contributed by atoms with Gasteiger partial charge in [-0.25, -0.2) is 13.4 Å². The Morgan fingerprint density at radius 2 is 1.87 bits per heavy atom. The molecule has 2 N–H and O–H groups in total. The number of nitrogens with one attached hydrogen (secondary N) is 2. The summed E-state index contributed by atoms with van der Waals surface area (Å²) in [5.74, 6) is 0.664. The minimum Gasteiger partial charge on any atom is -0.383 e. The fourth-order valence-electron chi connectivity index (χ4n) is 1.96. The van der Waals surface area contributed by atoms with Gasteiger partial charge in [0.05, 0.1) is 23.4 Å². The Balaban J connectivity index is 2.04. The van der Waals surface area contributed by atoms with Crippen LogP contribution >= 0.6 is 0 Å². The van der Waals surface area contributed by atoms with Gasteiger partial charge in [-0.1, -0.05) is 19.1 Å². The average Bonchev–Trinajstić information content (AvgIpc) is 2.56. The summed E-state index contributed by atoms with van der Waals surface area (Å²) in [7, 11) is -1.98. The van der Waals surface area contributed by atoms with E-state index < -0.39 is 10.0 Å². The Kier molecular flexibility index (Phi) is 5.95. The van der Waals surface area contributed by atoms with Crippen LogP contribution in [0.1, 0.15) is 12.5 Å². The normalized spacial score (nSPS) is 11.2. The monoisotopic (exact) mass is 335 g/mol. The predicted octanol–water partition coefficient (Wildman–Crippen LogP) is 2.50. The van der Waals surface area contributed by atoms with Crippen molar-refractivity contribution in [3.05, 3.63) is 48.2 Å². The molecule has 0 bridgehead atoms. The van der Waals surface area contributed by atoms with Gasteiger partial charge in [-0.15, -0.1) is 0 Å². The Morgan fingerprint density at radius 1 is 1.13 bits per heavy atom. The van der Waals surface area contributed by atoms with Crippen molar-refractivity contribution in [3.63, 3.8) is 0 Å². The molecule has 0 amide bonds. The predicted molar refractivity (Wildman–Crippen MR) is 91.2 cm³/mol. The van der Waals surface area contributed by atoms with E-state index in [1.54, 1.807) is 31.4 Å². The van der Waals surface area contributed by atoms with Crippen LogP contribution in [-0.4, -0.2) is 33.7 Å². The molecule has 0 radical (unpaired) electrons. The van der Waals surface area contributed by atoms with Gasteiger partial charge in [-0.05, 0) is 36.2 Å². The fraction of sp³-hybridized carbons (Fsp3) is 0.312. The van der Waals surface area contributed by atoms with Crippen molar-refractivity contribution >= 4 is 21.5 Å². The van der Waals surface area contributed by atoms with Gasteiger partial charge in [0.2, 0.25) is 0 Å². The molecule has 0 aliphatic carbocycles. The lowest BCUT2D eigenvalue weighted by Gasteiger charge is -2.09. The van der Waals surface area contributed by atoms with Gasteiger partial charge in [0, 0.05) is 13.7 Å². The van der Waals surface area contributed by atoms with E-state index in [2.05, 4.69) is 15.0 Å². The smallest absolute Gasteiger partial charge is 0.261 e. The first-order valence-corrected chi connectivity index (χ1v) is 8.84. The van der Waals surface area contributed by atoms with Crippen molar-refractivity contribution < 1.29 is 13.2 Å². The number of hydrogen-bond acceptors (Lipinski definition) is 5. The highest BCUT2D eigenvalue weighted by atomic mass is 32.2. The molecule has 0 fully saturated rings. The van der Waals surface area contributed by atoms with E-state index in [0.29, 0.717) is 24.7 Å². The summed E-state index contributed by atoms with van der Waals surface area (Å²) in [6.07, 6.45) is 2.35. The van der Waals surface area contributed by atoms with Crippen LogP contribution in [0.5, 0.6) is 0 Å². The lowest BCUT2D eigenvalue weighted by atomic mass is 10.2. The maximum Gasteiger partial charge on any atom is 0.261 e. The molecule has 124 valence electrons. The van der Waals surface area contributed by atoms with E-state index in [4.69, 9.17) is 4.74 Å². The van der Waals surface area contributed by atoms with Crippen LogP contribution in [0.25, 0.3) is 0 Å². The lowest BCUT2D eigenvalue weighted by molar-refractivity contribution is 0.210. The van der Waals surface area contributed by atoms with Crippen molar-refractivity contribution in [3.8, 4) is 0 Å². The summed E-state index contributed by atoms with van der Waals surface area (Å²) < 4.78 is 32.1. The molecule has 23 heavy (non-hydrogen) atoms. The molecule has 1 aromatic carbocycles. The van der Waals surface area contributed by atoms with Gasteiger partial charge in [-0.2, -0.15) is 0 Å². The van der Waals surface area contributed by atoms with E-state index in [-0.39, 0.29) is 4.90 Å². The van der Waals surface area contributed by atoms with Gasteiger partial charge in [0.25, 0.3) is 10.0 Å². The first-order valence-electron chi connectivity index (χ1n) is 7.36. The maximum atomic E-state index is 12.3. The van der Waals surface area contributed by atoms with Crippen LogP contribution in [0, 0.1) is 0 Å². The van der Waals surface area contributed by atoms with Crippen LogP contribution in [0.2, 0.25) is 0 Å². The zero-order chi connectivity index (χ0) is 16.7. The molecule has 2 rings (SSSR count). The summed E-state index contributed by atoms with van der Waals surface area (Å²) >= 11 is 0. The molecule has 1 heterocycles. The number of anilines is 2. The number of rotatable bonds is 8. The van der Waals surface area contributed by atoms with Crippen LogP contribution in [0.15, 0.2) is 47.5 Å². The standard InChI is InChI=1S/C16H21N3O3S/c1-3-13-4-7-15(8-5-13)23(20,21)19-14-6-9-16(18-12-14)17-10-11-22-2/h4-9,12,19H,3,10-11H2,1-2H3,(H,17,18). The topological polar surface area (TPSA) is 80.3 Å². The van der Waals surface area contributed by atoms with Gasteiger partial charge < -0.3 is 10.1 Å². The summed E-state index contributed by atoms with van der Waals surface area (Å²) in [4.78, 5) is 4.40. The third-order valence-corrected chi connectivity index (χ3v) is 4.67. The van der Waals surface area contributed by atoms with Gasteiger partial charge >= 0.3 is 0 Å². The van der Waals surface area contributed by atoms with E-state index >= 15 is 0 Å². The van der Waals surface area contributed by atoms with Crippen LogP contribution in [0.3, 0.4) is 0 Å². The molecule has 0 spiro atoms. The number of benzene rings is 1. The number of pyridine rings is 1. The molecule has 7 heteroatoms.